The SMILES string of the molecule is CC1CCC(c2ncc3c(n2)CCCC3=O)CC1. The van der Waals surface area contributed by atoms with Gasteiger partial charge in [-0.3, -0.25) is 4.79 Å². The van der Waals surface area contributed by atoms with Crippen molar-refractivity contribution in [1.82, 2.24) is 9.97 Å². The van der Waals surface area contributed by atoms with Gasteiger partial charge in [-0.25, -0.2) is 9.97 Å². The molecule has 0 atom stereocenters. The van der Waals surface area contributed by atoms with Gasteiger partial charge in [0.1, 0.15) is 5.82 Å². The van der Waals surface area contributed by atoms with Crippen LogP contribution in [0.25, 0.3) is 0 Å². The fourth-order valence-electron chi connectivity index (χ4n) is 3.12. The zero-order valence-corrected chi connectivity index (χ0v) is 11.0. The maximum atomic E-state index is 11.7. The normalized spacial score (nSPS) is 27.9. The topological polar surface area (TPSA) is 42.9 Å². The van der Waals surface area contributed by atoms with Crippen LogP contribution in [0, 0.1) is 5.92 Å². The number of aromatic nitrogens is 2. The van der Waals surface area contributed by atoms with Crippen LogP contribution in [0.2, 0.25) is 0 Å². The lowest BCUT2D eigenvalue weighted by atomic mass is 9.82. The van der Waals surface area contributed by atoms with E-state index in [2.05, 4.69) is 16.9 Å². The summed E-state index contributed by atoms with van der Waals surface area (Å²) in [5.74, 6) is 2.57. The third-order valence-electron chi connectivity index (χ3n) is 4.39. The Hall–Kier alpha value is -1.25. The molecule has 1 fully saturated rings. The van der Waals surface area contributed by atoms with Crippen LogP contribution in [0.4, 0.5) is 0 Å². The van der Waals surface area contributed by atoms with Crippen molar-refractivity contribution in [3.05, 3.63) is 23.3 Å². The third kappa shape index (κ3) is 2.18. The Morgan fingerprint density at radius 1 is 1.17 bits per heavy atom. The maximum absolute atomic E-state index is 11.7. The Morgan fingerprint density at radius 2 is 1.94 bits per heavy atom. The summed E-state index contributed by atoms with van der Waals surface area (Å²) in [7, 11) is 0. The highest BCUT2D eigenvalue weighted by molar-refractivity contribution is 5.97. The molecule has 0 aliphatic heterocycles. The van der Waals surface area contributed by atoms with E-state index >= 15 is 0 Å². The molecule has 0 saturated heterocycles. The summed E-state index contributed by atoms with van der Waals surface area (Å²) in [5.41, 5.74) is 1.77. The molecular formula is C15H20N2O. The lowest BCUT2D eigenvalue weighted by Crippen LogP contribution is -2.18. The van der Waals surface area contributed by atoms with Crippen molar-refractivity contribution >= 4 is 5.78 Å². The number of aryl methyl sites for hydroxylation is 1. The van der Waals surface area contributed by atoms with Crippen LogP contribution < -0.4 is 0 Å². The van der Waals surface area contributed by atoms with Crippen molar-refractivity contribution < 1.29 is 4.79 Å². The summed E-state index contributed by atoms with van der Waals surface area (Å²) in [4.78, 5) is 20.9. The van der Waals surface area contributed by atoms with Gasteiger partial charge >= 0.3 is 0 Å². The van der Waals surface area contributed by atoms with Gasteiger partial charge in [-0.2, -0.15) is 0 Å². The fraction of sp³-hybridized carbons (Fsp3) is 0.667. The van der Waals surface area contributed by atoms with Crippen LogP contribution >= 0.6 is 0 Å². The van der Waals surface area contributed by atoms with Crippen LogP contribution in [0.3, 0.4) is 0 Å². The molecule has 2 aliphatic rings. The molecule has 0 radical (unpaired) electrons. The van der Waals surface area contributed by atoms with Gasteiger partial charge in [0.05, 0.1) is 11.3 Å². The molecule has 0 bridgehead atoms. The second-order valence-corrected chi connectivity index (χ2v) is 5.82. The van der Waals surface area contributed by atoms with Crippen molar-refractivity contribution in [1.29, 1.82) is 0 Å². The van der Waals surface area contributed by atoms with E-state index in [1.54, 1.807) is 6.20 Å². The van der Waals surface area contributed by atoms with E-state index in [1.807, 2.05) is 0 Å². The first kappa shape index (κ1) is 11.8. The molecule has 3 heteroatoms. The van der Waals surface area contributed by atoms with E-state index in [0.717, 1.165) is 35.8 Å². The second kappa shape index (κ2) is 4.79. The molecule has 18 heavy (non-hydrogen) atoms. The second-order valence-electron chi connectivity index (χ2n) is 5.82. The number of carbonyl (C=O) groups is 1. The first-order valence-electron chi connectivity index (χ1n) is 7.13. The first-order chi connectivity index (χ1) is 8.74. The molecule has 1 aromatic heterocycles. The summed E-state index contributed by atoms with van der Waals surface area (Å²) in [6.45, 7) is 2.32. The molecule has 1 heterocycles. The molecule has 0 amide bonds. The van der Waals surface area contributed by atoms with E-state index in [4.69, 9.17) is 0 Å². The van der Waals surface area contributed by atoms with Crippen molar-refractivity contribution in [2.24, 2.45) is 5.92 Å². The number of rotatable bonds is 1. The molecule has 3 nitrogen and oxygen atoms in total. The minimum atomic E-state index is 0.222. The predicted octanol–water partition coefficient (Wildman–Crippen LogP) is 3.29. The number of hydrogen-bond acceptors (Lipinski definition) is 3. The van der Waals surface area contributed by atoms with Crippen LogP contribution in [0.5, 0.6) is 0 Å². The number of hydrogen-bond donors (Lipinski definition) is 0. The lowest BCUT2D eigenvalue weighted by molar-refractivity contribution is 0.0971. The van der Waals surface area contributed by atoms with Gasteiger partial charge in [0.25, 0.3) is 0 Å². The number of ketones is 1. The summed E-state index contributed by atoms with van der Waals surface area (Å²) >= 11 is 0. The van der Waals surface area contributed by atoms with Gasteiger partial charge in [-0.1, -0.05) is 19.8 Å². The Kier molecular flexibility index (Phi) is 3.14. The molecule has 0 spiro atoms. The molecule has 3 rings (SSSR count). The molecule has 0 aromatic carbocycles. The molecule has 96 valence electrons. The summed E-state index contributed by atoms with van der Waals surface area (Å²) < 4.78 is 0. The van der Waals surface area contributed by atoms with Gasteiger partial charge < -0.3 is 0 Å². The Morgan fingerprint density at radius 3 is 2.72 bits per heavy atom. The zero-order valence-electron chi connectivity index (χ0n) is 11.0. The average Bonchev–Trinajstić information content (AvgIpc) is 2.39. The van der Waals surface area contributed by atoms with Crippen LogP contribution in [-0.4, -0.2) is 15.8 Å². The molecule has 0 N–H and O–H groups in total. The number of Topliss-reactive ketones (excluding diaryl/α,β-unsaturated/α-hetero) is 1. The zero-order chi connectivity index (χ0) is 12.5. The van der Waals surface area contributed by atoms with Crippen LogP contribution in [0.15, 0.2) is 6.20 Å². The highest BCUT2D eigenvalue weighted by Crippen LogP contribution is 2.34. The van der Waals surface area contributed by atoms with Gasteiger partial charge in [-0.15, -0.1) is 0 Å². The average molecular weight is 244 g/mol. The number of carbonyl (C=O) groups excluding carboxylic acids is 1. The van der Waals surface area contributed by atoms with Crippen molar-refractivity contribution in [2.45, 2.75) is 57.8 Å². The Bertz CT molecular complexity index is 462. The van der Waals surface area contributed by atoms with E-state index < -0.39 is 0 Å². The number of nitrogens with zero attached hydrogens (tertiary/aromatic N) is 2. The summed E-state index contributed by atoms with van der Waals surface area (Å²) in [6, 6.07) is 0. The molecule has 1 saturated carbocycles. The molecular weight excluding hydrogens is 224 g/mol. The van der Waals surface area contributed by atoms with Gasteiger partial charge in [0, 0.05) is 18.5 Å². The summed E-state index contributed by atoms with van der Waals surface area (Å²) in [6.07, 6.45) is 9.30. The van der Waals surface area contributed by atoms with Crippen LogP contribution in [-0.2, 0) is 6.42 Å². The van der Waals surface area contributed by atoms with Gasteiger partial charge in [-0.05, 0) is 31.6 Å². The largest absolute Gasteiger partial charge is 0.294 e. The highest BCUT2D eigenvalue weighted by atomic mass is 16.1. The fourth-order valence-corrected chi connectivity index (χ4v) is 3.12. The van der Waals surface area contributed by atoms with E-state index in [-0.39, 0.29) is 5.78 Å². The minimum Gasteiger partial charge on any atom is -0.294 e. The standard InChI is InChI=1S/C15H20N2O/c1-10-5-7-11(8-6-10)15-16-9-12-13(17-15)3-2-4-14(12)18/h9-11H,2-8H2,1H3. The van der Waals surface area contributed by atoms with Gasteiger partial charge in [0.15, 0.2) is 5.78 Å². The van der Waals surface area contributed by atoms with Crippen molar-refractivity contribution in [2.75, 3.05) is 0 Å². The summed E-state index contributed by atoms with van der Waals surface area (Å²) in [5, 5.41) is 0. The maximum Gasteiger partial charge on any atom is 0.166 e. The minimum absolute atomic E-state index is 0.222. The predicted molar refractivity (Wildman–Crippen MR) is 69.7 cm³/mol. The third-order valence-corrected chi connectivity index (χ3v) is 4.39. The Balaban J connectivity index is 1.84. The molecule has 0 unspecified atom stereocenters. The van der Waals surface area contributed by atoms with Crippen molar-refractivity contribution in [3.8, 4) is 0 Å². The monoisotopic (exact) mass is 244 g/mol. The smallest absolute Gasteiger partial charge is 0.166 e. The first-order valence-corrected chi connectivity index (χ1v) is 7.13. The van der Waals surface area contributed by atoms with Gasteiger partial charge in [0.2, 0.25) is 0 Å². The van der Waals surface area contributed by atoms with E-state index in [9.17, 15) is 4.79 Å². The highest BCUT2D eigenvalue weighted by Gasteiger charge is 2.25. The lowest BCUT2D eigenvalue weighted by Gasteiger charge is -2.25. The van der Waals surface area contributed by atoms with E-state index in [1.165, 1.54) is 25.7 Å². The Labute approximate surface area is 108 Å². The quantitative estimate of drug-likeness (QED) is 0.761. The molecule has 1 aromatic rings. The van der Waals surface area contributed by atoms with Crippen molar-refractivity contribution in [3.63, 3.8) is 0 Å². The van der Waals surface area contributed by atoms with Crippen LogP contribution in [0.1, 0.15) is 73.2 Å². The molecule has 2 aliphatic carbocycles. The number of fused-ring (bicyclic) bond motifs is 1. The van der Waals surface area contributed by atoms with E-state index in [0.29, 0.717) is 12.3 Å².